The molecular weight excluding hydrogens is 434 g/mol. The Hall–Kier alpha value is -4.25. The Balaban J connectivity index is 1.70. The van der Waals surface area contributed by atoms with Crippen LogP contribution in [0.15, 0.2) is 97.2 Å². The maximum Gasteiger partial charge on any atom is 0.129 e. The summed E-state index contributed by atoms with van der Waals surface area (Å²) in [6.07, 6.45) is 1.85. The van der Waals surface area contributed by atoms with E-state index in [-0.39, 0.29) is 6.04 Å². The number of fused-ring (bicyclic) bond motifs is 1. The molecular formula is C30H29N3O2. The maximum atomic E-state index is 5.45. The van der Waals surface area contributed by atoms with Gasteiger partial charge in [-0.2, -0.15) is 0 Å². The smallest absolute Gasteiger partial charge is 0.129 e. The summed E-state index contributed by atoms with van der Waals surface area (Å²) >= 11 is 0. The summed E-state index contributed by atoms with van der Waals surface area (Å²) in [5, 5.41) is 1.21. The van der Waals surface area contributed by atoms with Gasteiger partial charge in [-0.05, 0) is 60.5 Å². The Labute approximate surface area is 206 Å². The van der Waals surface area contributed by atoms with Crippen molar-refractivity contribution in [2.24, 2.45) is 0 Å². The molecule has 0 fully saturated rings. The monoisotopic (exact) mass is 463 g/mol. The number of aryl methyl sites for hydroxylation is 1. The van der Waals surface area contributed by atoms with Crippen molar-refractivity contribution in [1.82, 2.24) is 9.97 Å². The average Bonchev–Trinajstić information content (AvgIpc) is 3.25. The van der Waals surface area contributed by atoms with Crippen LogP contribution in [-0.2, 0) is 6.54 Å². The SMILES string of the molecule is COc1ccc(CN(c2ccccn2)C(c2ccc(OC)cc2)c2c(C)[nH]c3ccccc23)cc1. The van der Waals surface area contributed by atoms with Crippen LogP contribution in [0.2, 0.25) is 0 Å². The first-order valence-corrected chi connectivity index (χ1v) is 11.7. The third-order valence-electron chi connectivity index (χ3n) is 6.42. The first-order valence-electron chi connectivity index (χ1n) is 11.7. The minimum absolute atomic E-state index is 0.0749. The molecule has 2 aromatic heterocycles. The molecule has 1 N–H and O–H groups in total. The van der Waals surface area contributed by atoms with Crippen molar-refractivity contribution in [2.45, 2.75) is 19.5 Å². The fraction of sp³-hybridized carbons (Fsp3) is 0.167. The molecule has 2 heterocycles. The van der Waals surface area contributed by atoms with Crippen molar-refractivity contribution in [3.8, 4) is 11.5 Å². The van der Waals surface area contributed by atoms with E-state index in [1.807, 2.05) is 42.6 Å². The van der Waals surface area contributed by atoms with Crippen molar-refractivity contribution >= 4 is 16.7 Å². The number of hydrogen-bond donors (Lipinski definition) is 1. The number of nitrogens with one attached hydrogen (secondary N) is 1. The molecule has 0 amide bonds. The molecule has 5 heteroatoms. The van der Waals surface area contributed by atoms with Crippen molar-refractivity contribution in [2.75, 3.05) is 19.1 Å². The van der Waals surface area contributed by atoms with Gasteiger partial charge in [-0.25, -0.2) is 4.98 Å². The third kappa shape index (κ3) is 4.58. The summed E-state index contributed by atoms with van der Waals surface area (Å²) in [5.41, 5.74) is 5.85. The number of hydrogen-bond acceptors (Lipinski definition) is 4. The van der Waals surface area contributed by atoms with Crippen LogP contribution in [0.4, 0.5) is 5.82 Å². The molecule has 0 saturated carbocycles. The number of aromatic nitrogens is 2. The highest BCUT2D eigenvalue weighted by molar-refractivity contribution is 5.86. The van der Waals surface area contributed by atoms with Crippen molar-refractivity contribution in [1.29, 1.82) is 0 Å². The lowest BCUT2D eigenvalue weighted by Crippen LogP contribution is -2.30. The Morgan fingerprint density at radius 3 is 2.11 bits per heavy atom. The minimum Gasteiger partial charge on any atom is -0.497 e. The number of ether oxygens (including phenoxy) is 2. The molecule has 1 atom stereocenters. The second-order valence-electron chi connectivity index (χ2n) is 8.55. The molecule has 0 radical (unpaired) electrons. The highest BCUT2D eigenvalue weighted by atomic mass is 16.5. The lowest BCUT2D eigenvalue weighted by Gasteiger charge is -2.34. The number of anilines is 1. The van der Waals surface area contributed by atoms with Crippen molar-refractivity contribution < 1.29 is 9.47 Å². The maximum absolute atomic E-state index is 5.45. The van der Waals surface area contributed by atoms with Gasteiger partial charge in [-0.3, -0.25) is 0 Å². The largest absolute Gasteiger partial charge is 0.497 e. The Bertz CT molecular complexity index is 1390. The summed E-state index contributed by atoms with van der Waals surface area (Å²) in [6.45, 7) is 2.83. The van der Waals surface area contributed by atoms with Crippen LogP contribution in [-0.4, -0.2) is 24.2 Å². The number of nitrogens with zero attached hydrogens (tertiary/aromatic N) is 2. The van der Waals surface area contributed by atoms with E-state index in [9.17, 15) is 0 Å². The lowest BCUT2D eigenvalue weighted by atomic mass is 9.93. The van der Waals surface area contributed by atoms with Crippen molar-refractivity contribution in [3.05, 3.63) is 120 Å². The van der Waals surface area contributed by atoms with Gasteiger partial charge in [0.05, 0.1) is 20.3 Å². The number of aromatic amines is 1. The Morgan fingerprint density at radius 1 is 0.800 bits per heavy atom. The van der Waals surface area contributed by atoms with Crippen LogP contribution in [0, 0.1) is 6.92 Å². The second kappa shape index (κ2) is 9.94. The third-order valence-corrected chi connectivity index (χ3v) is 6.42. The molecule has 0 saturated heterocycles. The fourth-order valence-electron chi connectivity index (χ4n) is 4.70. The standard InChI is InChI=1S/C30H29N3O2/c1-21-29(26-8-4-5-9-27(26)32-21)30(23-13-17-25(35-3)18-14-23)33(28-10-6-7-19-31-28)20-22-11-15-24(34-2)16-12-22/h4-19,30,32H,20H2,1-3H3. The fourth-order valence-corrected chi connectivity index (χ4v) is 4.70. The van der Waals surface area contributed by atoms with E-state index >= 15 is 0 Å². The number of methoxy groups -OCH3 is 2. The molecule has 176 valence electrons. The van der Waals surface area contributed by atoms with E-state index in [1.54, 1.807) is 14.2 Å². The van der Waals surface area contributed by atoms with Crippen LogP contribution < -0.4 is 14.4 Å². The molecule has 35 heavy (non-hydrogen) atoms. The molecule has 3 aromatic carbocycles. The Morgan fingerprint density at radius 2 is 1.46 bits per heavy atom. The van der Waals surface area contributed by atoms with E-state index in [1.165, 1.54) is 16.5 Å². The summed E-state index contributed by atoms with van der Waals surface area (Å²) in [4.78, 5) is 10.7. The van der Waals surface area contributed by atoms with Gasteiger partial charge in [0.1, 0.15) is 17.3 Å². The van der Waals surface area contributed by atoms with Gasteiger partial charge in [0.25, 0.3) is 0 Å². The summed E-state index contributed by atoms with van der Waals surface area (Å²) in [5.74, 6) is 2.59. The molecule has 0 spiro atoms. The zero-order chi connectivity index (χ0) is 24.2. The van der Waals surface area contributed by atoms with Crippen LogP contribution in [0.25, 0.3) is 10.9 Å². The first-order chi connectivity index (χ1) is 17.2. The zero-order valence-corrected chi connectivity index (χ0v) is 20.2. The normalized spacial score (nSPS) is 11.9. The molecule has 1 unspecified atom stereocenters. The van der Waals surface area contributed by atoms with Crippen molar-refractivity contribution in [3.63, 3.8) is 0 Å². The van der Waals surface area contributed by atoms with Crippen LogP contribution in [0.5, 0.6) is 11.5 Å². The number of benzene rings is 3. The molecule has 0 aliphatic heterocycles. The molecule has 0 bridgehead atoms. The molecule has 5 nitrogen and oxygen atoms in total. The summed E-state index contributed by atoms with van der Waals surface area (Å²) in [7, 11) is 3.38. The van der Waals surface area contributed by atoms with E-state index < -0.39 is 0 Å². The predicted octanol–water partition coefficient (Wildman–Crippen LogP) is 6.68. The topological polar surface area (TPSA) is 50.4 Å². The van der Waals surface area contributed by atoms with Gasteiger partial charge >= 0.3 is 0 Å². The number of para-hydroxylation sites is 1. The van der Waals surface area contributed by atoms with Gasteiger partial charge in [0.2, 0.25) is 0 Å². The van der Waals surface area contributed by atoms with Gasteiger partial charge in [0.15, 0.2) is 0 Å². The Kier molecular flexibility index (Phi) is 6.40. The van der Waals surface area contributed by atoms with Crippen LogP contribution in [0.3, 0.4) is 0 Å². The quantitative estimate of drug-likeness (QED) is 0.279. The van der Waals surface area contributed by atoms with Gasteiger partial charge in [-0.1, -0.05) is 48.5 Å². The summed E-state index contributed by atoms with van der Waals surface area (Å²) < 4.78 is 10.8. The zero-order valence-electron chi connectivity index (χ0n) is 20.2. The number of pyridine rings is 1. The predicted molar refractivity (Wildman–Crippen MR) is 141 cm³/mol. The first kappa shape index (κ1) is 22.5. The van der Waals surface area contributed by atoms with E-state index in [2.05, 4.69) is 71.4 Å². The molecule has 0 aliphatic carbocycles. The van der Waals surface area contributed by atoms with E-state index in [0.717, 1.165) is 34.1 Å². The minimum atomic E-state index is -0.0749. The molecule has 5 aromatic rings. The highest BCUT2D eigenvalue weighted by Crippen LogP contribution is 2.39. The second-order valence-corrected chi connectivity index (χ2v) is 8.55. The lowest BCUT2D eigenvalue weighted by molar-refractivity contribution is 0.414. The molecule has 5 rings (SSSR count). The molecule has 0 aliphatic rings. The van der Waals surface area contributed by atoms with Crippen LogP contribution in [0.1, 0.15) is 28.4 Å². The number of rotatable bonds is 8. The average molecular weight is 464 g/mol. The van der Waals surface area contributed by atoms with E-state index in [4.69, 9.17) is 14.5 Å². The summed E-state index contributed by atoms with van der Waals surface area (Å²) in [6, 6.07) is 31.1. The van der Waals surface area contributed by atoms with Gasteiger partial charge in [0, 0.05) is 34.9 Å². The highest BCUT2D eigenvalue weighted by Gasteiger charge is 2.28. The van der Waals surface area contributed by atoms with E-state index in [0.29, 0.717) is 6.54 Å². The van der Waals surface area contributed by atoms with Gasteiger partial charge in [-0.15, -0.1) is 0 Å². The van der Waals surface area contributed by atoms with Crippen LogP contribution >= 0.6 is 0 Å². The number of H-pyrrole nitrogens is 1. The van der Waals surface area contributed by atoms with Gasteiger partial charge < -0.3 is 19.4 Å².